The fourth-order valence-electron chi connectivity index (χ4n) is 3.15. The maximum absolute atomic E-state index is 5.55. The molecule has 0 bridgehead atoms. The average molecular weight is 531 g/mol. The topological polar surface area (TPSA) is 97.9 Å². The van der Waals surface area contributed by atoms with Crippen molar-refractivity contribution >= 4 is 35.7 Å². The van der Waals surface area contributed by atoms with Crippen LogP contribution < -0.4 is 10.6 Å². The van der Waals surface area contributed by atoms with Crippen LogP contribution >= 0.6 is 0 Å². The van der Waals surface area contributed by atoms with Gasteiger partial charge in [-0.1, -0.05) is 5.70 Å². The Morgan fingerprint density at radius 2 is 1.03 bits per heavy atom. The Morgan fingerprint density at radius 3 is 1.34 bits per heavy atom. The lowest BCUT2D eigenvalue weighted by Crippen LogP contribution is -2.49. The van der Waals surface area contributed by atoms with Gasteiger partial charge in [0.15, 0.2) is 0 Å². The van der Waals surface area contributed by atoms with Gasteiger partial charge in [-0.05, 0) is 32.5 Å². The Kier molecular flexibility index (Phi) is 17.7. The van der Waals surface area contributed by atoms with E-state index >= 15 is 0 Å². The van der Waals surface area contributed by atoms with Crippen molar-refractivity contribution in [2.75, 3.05) is 70.0 Å². The predicted molar refractivity (Wildman–Crippen MR) is 136 cm³/mol. The zero-order chi connectivity index (χ0) is 24.5. The number of hydrogen-bond donors (Lipinski definition) is 2. The molecule has 0 aliphatic carbocycles. The predicted octanol–water partition coefficient (Wildman–Crippen LogP) is 0.572. The summed E-state index contributed by atoms with van der Waals surface area (Å²) in [4.78, 5) is 0. The number of rotatable bonds is 21. The standard InChI is InChI=1S/C18H46N2O8Si4/c1-21-30(9,22-2)17-14-29-18(19-12-10-15-31(23-3,24-4)25-5)20-13-11-16-32(26-6,27-7)28-8/h14,17-20H,10-13,15-16,29H2,1-9H3. The second kappa shape index (κ2) is 17.6. The summed E-state index contributed by atoms with van der Waals surface area (Å²) in [6.45, 7) is 3.70. The quantitative estimate of drug-likeness (QED) is 0.125. The summed E-state index contributed by atoms with van der Waals surface area (Å²) in [5.74, 6) is 0.227. The van der Waals surface area contributed by atoms with E-state index in [1.165, 1.54) is 0 Å². The van der Waals surface area contributed by atoms with Crippen LogP contribution in [0.5, 0.6) is 0 Å². The molecule has 0 amide bonds. The molecular formula is C18H46N2O8Si4. The molecule has 0 aromatic carbocycles. The molecule has 0 unspecified atom stereocenters. The van der Waals surface area contributed by atoms with Crippen molar-refractivity contribution < 1.29 is 35.4 Å². The Hall–Kier alpha value is 0.208. The number of hydrogen-bond acceptors (Lipinski definition) is 10. The van der Waals surface area contributed by atoms with Crippen molar-refractivity contribution in [3.05, 3.63) is 11.4 Å². The molecule has 0 aliphatic heterocycles. The van der Waals surface area contributed by atoms with Gasteiger partial charge in [-0.15, -0.1) is 5.70 Å². The van der Waals surface area contributed by atoms with Crippen LogP contribution in [0.1, 0.15) is 12.8 Å². The van der Waals surface area contributed by atoms with Crippen LogP contribution in [0.15, 0.2) is 11.4 Å². The lowest BCUT2D eigenvalue weighted by atomic mass is 10.4. The summed E-state index contributed by atoms with van der Waals surface area (Å²) in [5.41, 5.74) is 4.37. The zero-order valence-electron chi connectivity index (χ0n) is 21.4. The van der Waals surface area contributed by atoms with E-state index in [2.05, 4.69) is 22.0 Å². The molecule has 0 rings (SSSR count). The van der Waals surface area contributed by atoms with Gasteiger partial charge in [-0.25, -0.2) is 0 Å². The van der Waals surface area contributed by atoms with Crippen molar-refractivity contribution in [1.82, 2.24) is 10.6 Å². The first-order valence-corrected chi connectivity index (χ1v) is 18.7. The van der Waals surface area contributed by atoms with E-state index in [4.69, 9.17) is 35.4 Å². The maximum Gasteiger partial charge on any atom is 0.500 e. The van der Waals surface area contributed by atoms with Gasteiger partial charge in [0.2, 0.25) is 0 Å². The molecule has 0 saturated carbocycles. The Morgan fingerprint density at radius 1 is 0.656 bits per heavy atom. The van der Waals surface area contributed by atoms with Crippen LogP contribution in [-0.4, -0.2) is 111 Å². The monoisotopic (exact) mass is 530 g/mol. The van der Waals surface area contributed by atoms with Crippen LogP contribution in [0.3, 0.4) is 0 Å². The third-order valence-corrected chi connectivity index (χ3v) is 15.7. The molecular weight excluding hydrogens is 485 g/mol. The summed E-state index contributed by atoms with van der Waals surface area (Å²) in [5, 5.41) is 7.27. The van der Waals surface area contributed by atoms with E-state index in [1.54, 1.807) is 56.9 Å². The molecule has 0 aromatic heterocycles. The highest BCUT2D eigenvalue weighted by atomic mass is 28.4. The van der Waals surface area contributed by atoms with E-state index in [9.17, 15) is 0 Å². The molecule has 10 nitrogen and oxygen atoms in total. The van der Waals surface area contributed by atoms with E-state index < -0.39 is 35.7 Å². The first-order valence-electron chi connectivity index (χ1n) is 10.8. The molecule has 2 N–H and O–H groups in total. The van der Waals surface area contributed by atoms with Gasteiger partial charge in [-0.2, -0.15) is 0 Å². The normalized spacial score (nSPS) is 13.9. The second-order valence-corrected chi connectivity index (χ2v) is 18.4. The van der Waals surface area contributed by atoms with Crippen molar-refractivity contribution in [3.63, 3.8) is 0 Å². The highest BCUT2D eigenvalue weighted by Gasteiger charge is 2.37. The maximum atomic E-state index is 5.55. The molecule has 0 saturated heterocycles. The Bertz CT molecular complexity index is 451. The van der Waals surface area contributed by atoms with E-state index in [-0.39, 0.29) is 5.79 Å². The zero-order valence-corrected chi connectivity index (χ0v) is 25.9. The van der Waals surface area contributed by atoms with Gasteiger partial charge in [0.05, 0.1) is 9.52 Å². The lowest BCUT2D eigenvalue weighted by molar-refractivity contribution is 0.122. The Balaban J connectivity index is 4.81. The average Bonchev–Trinajstić information content (AvgIpc) is 2.84. The molecule has 0 atom stereocenters. The first kappa shape index (κ1) is 32.2. The van der Waals surface area contributed by atoms with Crippen LogP contribution in [0, 0.1) is 0 Å². The summed E-state index contributed by atoms with van der Waals surface area (Å²) in [7, 11) is 5.34. The minimum atomic E-state index is -2.54. The fraction of sp³-hybridized carbons (Fsp3) is 0.889. The molecule has 14 heteroatoms. The van der Waals surface area contributed by atoms with Crippen molar-refractivity contribution in [1.29, 1.82) is 0 Å². The third kappa shape index (κ3) is 11.6. The Labute approximate surface area is 200 Å². The van der Waals surface area contributed by atoms with Crippen LogP contribution in [-0.2, 0) is 35.4 Å². The first-order chi connectivity index (χ1) is 15.3. The molecule has 0 fully saturated rings. The van der Waals surface area contributed by atoms with Gasteiger partial charge in [0.25, 0.3) is 0 Å². The SMILES string of the molecule is CO[Si](C)(C=C[SiH2]C(NCCC[Si](OC)(OC)OC)NCCC[Si](OC)(OC)OC)OC. The van der Waals surface area contributed by atoms with Crippen LogP contribution in [0.2, 0.25) is 18.6 Å². The van der Waals surface area contributed by atoms with Gasteiger partial charge >= 0.3 is 26.2 Å². The van der Waals surface area contributed by atoms with E-state index in [1.807, 2.05) is 6.55 Å². The van der Waals surface area contributed by atoms with Gasteiger partial charge in [0, 0.05) is 74.8 Å². The summed E-state index contributed by atoms with van der Waals surface area (Å²) in [6, 6.07) is 1.52. The summed E-state index contributed by atoms with van der Waals surface area (Å²) >= 11 is 0. The summed E-state index contributed by atoms with van der Waals surface area (Å²) < 4.78 is 44.1. The second-order valence-electron chi connectivity index (χ2n) is 7.32. The molecule has 0 radical (unpaired) electrons. The molecule has 0 spiro atoms. The lowest BCUT2D eigenvalue weighted by Gasteiger charge is -2.26. The van der Waals surface area contributed by atoms with Crippen LogP contribution in [0.25, 0.3) is 0 Å². The highest BCUT2D eigenvalue weighted by Crippen LogP contribution is 2.15. The fourth-order valence-corrected chi connectivity index (χ4v) is 10.3. The van der Waals surface area contributed by atoms with E-state index in [0.717, 1.165) is 38.0 Å². The van der Waals surface area contributed by atoms with Gasteiger partial charge in [-0.3, -0.25) is 0 Å². The third-order valence-electron chi connectivity index (χ3n) is 5.57. The molecule has 192 valence electrons. The largest absolute Gasteiger partial charge is 0.500 e. The van der Waals surface area contributed by atoms with Gasteiger partial charge in [0.1, 0.15) is 0 Å². The van der Waals surface area contributed by atoms with E-state index in [0.29, 0.717) is 0 Å². The number of nitrogens with one attached hydrogen (secondary N) is 2. The highest BCUT2D eigenvalue weighted by molar-refractivity contribution is 6.72. The molecule has 0 aromatic rings. The smallest absolute Gasteiger partial charge is 0.395 e. The molecule has 32 heavy (non-hydrogen) atoms. The van der Waals surface area contributed by atoms with Crippen molar-refractivity contribution in [2.45, 2.75) is 37.3 Å². The van der Waals surface area contributed by atoms with Gasteiger partial charge < -0.3 is 46.0 Å². The van der Waals surface area contributed by atoms with Crippen molar-refractivity contribution in [3.8, 4) is 0 Å². The molecule has 0 heterocycles. The molecule has 0 aliphatic rings. The van der Waals surface area contributed by atoms with Crippen LogP contribution in [0.4, 0.5) is 0 Å². The van der Waals surface area contributed by atoms with Crippen molar-refractivity contribution in [2.24, 2.45) is 0 Å². The minimum absolute atomic E-state index is 0.227. The minimum Gasteiger partial charge on any atom is -0.395 e. The summed E-state index contributed by atoms with van der Waals surface area (Å²) in [6.07, 6.45) is 1.79.